The number of fused-ring (bicyclic) bond motifs is 1. The fraction of sp³-hybridized carbons (Fsp3) is 0.600. The van der Waals surface area contributed by atoms with Crippen molar-refractivity contribution in [2.24, 2.45) is 13.0 Å². The Morgan fingerprint density at radius 3 is 2.48 bits per heavy atom. The van der Waals surface area contributed by atoms with E-state index in [1.165, 1.54) is 11.3 Å². The molecule has 0 unspecified atom stereocenters. The maximum atomic E-state index is 12.9. The van der Waals surface area contributed by atoms with E-state index in [9.17, 15) is 4.79 Å². The van der Waals surface area contributed by atoms with Gasteiger partial charge in [0.15, 0.2) is 0 Å². The highest BCUT2D eigenvalue weighted by molar-refractivity contribution is 7.21. The van der Waals surface area contributed by atoms with Crippen LogP contribution >= 0.6 is 11.3 Å². The maximum Gasteiger partial charge on any atom is 0.266 e. The topological polar surface area (TPSA) is 64.2 Å². The Balaban J connectivity index is 2.47. The van der Waals surface area contributed by atoms with E-state index in [4.69, 9.17) is 5.73 Å². The number of nitrogens with zero attached hydrogens (tertiary/aromatic N) is 3. The van der Waals surface area contributed by atoms with Gasteiger partial charge in [0.2, 0.25) is 0 Å². The Morgan fingerprint density at radius 2 is 2.00 bits per heavy atom. The second-order valence-corrected chi connectivity index (χ2v) is 7.18. The SMILES string of the molecule is Cc1nn(C)c2sc(C(=O)N(CC(C)C)C(C)C)c(N)c12. The standard InChI is InChI=1S/C15H24N4OS/c1-8(2)7-19(9(3)4)14(20)13-12(16)11-10(5)17-18(6)15(11)21-13/h8-9H,7,16H2,1-6H3. The summed E-state index contributed by atoms with van der Waals surface area (Å²) in [5, 5.41) is 5.28. The zero-order chi connectivity index (χ0) is 15.9. The average Bonchev–Trinajstić information content (AvgIpc) is 2.85. The highest BCUT2D eigenvalue weighted by atomic mass is 32.1. The molecule has 0 atom stereocenters. The van der Waals surface area contributed by atoms with Crippen molar-refractivity contribution < 1.29 is 4.79 Å². The van der Waals surface area contributed by atoms with Crippen LogP contribution in [0.5, 0.6) is 0 Å². The van der Waals surface area contributed by atoms with Gasteiger partial charge in [-0.05, 0) is 26.7 Å². The molecule has 0 aliphatic heterocycles. The summed E-state index contributed by atoms with van der Waals surface area (Å²) >= 11 is 1.44. The minimum atomic E-state index is 0.0248. The Bertz CT molecular complexity index is 669. The predicted molar refractivity (Wildman–Crippen MR) is 88.8 cm³/mol. The molecule has 2 heterocycles. The third-order valence-corrected chi connectivity index (χ3v) is 4.78. The molecule has 1 amide bonds. The summed E-state index contributed by atoms with van der Waals surface area (Å²) in [6.07, 6.45) is 0. The molecule has 2 N–H and O–H groups in total. The van der Waals surface area contributed by atoms with Crippen molar-refractivity contribution >= 4 is 33.1 Å². The van der Waals surface area contributed by atoms with Crippen molar-refractivity contribution in [3.05, 3.63) is 10.6 Å². The van der Waals surface area contributed by atoms with Gasteiger partial charge in [-0.2, -0.15) is 5.10 Å². The lowest BCUT2D eigenvalue weighted by molar-refractivity contribution is 0.0688. The molecule has 116 valence electrons. The molecular weight excluding hydrogens is 284 g/mol. The molecule has 0 fully saturated rings. The highest BCUT2D eigenvalue weighted by Crippen LogP contribution is 2.36. The largest absolute Gasteiger partial charge is 0.397 e. The molecule has 0 saturated carbocycles. The van der Waals surface area contributed by atoms with Crippen LogP contribution in [-0.2, 0) is 7.05 Å². The number of carbonyl (C=O) groups is 1. The van der Waals surface area contributed by atoms with E-state index in [0.29, 0.717) is 16.5 Å². The molecule has 21 heavy (non-hydrogen) atoms. The van der Waals surface area contributed by atoms with Gasteiger partial charge in [-0.15, -0.1) is 11.3 Å². The lowest BCUT2D eigenvalue weighted by atomic mass is 10.1. The summed E-state index contributed by atoms with van der Waals surface area (Å²) in [5.41, 5.74) is 7.68. The van der Waals surface area contributed by atoms with Crippen molar-refractivity contribution in [1.82, 2.24) is 14.7 Å². The van der Waals surface area contributed by atoms with Crippen molar-refractivity contribution in [2.75, 3.05) is 12.3 Å². The van der Waals surface area contributed by atoms with Gasteiger partial charge >= 0.3 is 0 Å². The monoisotopic (exact) mass is 308 g/mol. The number of nitrogen functional groups attached to an aromatic ring is 1. The average molecular weight is 308 g/mol. The number of rotatable bonds is 4. The van der Waals surface area contributed by atoms with E-state index in [0.717, 1.165) is 22.5 Å². The van der Waals surface area contributed by atoms with Gasteiger partial charge < -0.3 is 10.6 Å². The van der Waals surface area contributed by atoms with E-state index in [2.05, 4.69) is 18.9 Å². The molecule has 0 aliphatic rings. The van der Waals surface area contributed by atoms with Gasteiger partial charge in [0.1, 0.15) is 9.71 Å². The van der Waals surface area contributed by atoms with Crippen LogP contribution in [0.4, 0.5) is 5.69 Å². The Kier molecular flexibility index (Phi) is 4.27. The molecule has 5 nitrogen and oxygen atoms in total. The quantitative estimate of drug-likeness (QED) is 0.944. The van der Waals surface area contributed by atoms with Crippen LogP contribution < -0.4 is 5.73 Å². The normalized spacial score (nSPS) is 11.8. The van der Waals surface area contributed by atoms with Crippen LogP contribution in [0.15, 0.2) is 0 Å². The molecule has 0 spiro atoms. The molecule has 0 radical (unpaired) electrons. The molecule has 2 aromatic heterocycles. The fourth-order valence-corrected chi connectivity index (χ4v) is 3.68. The minimum Gasteiger partial charge on any atom is -0.397 e. The Labute approximate surface area is 129 Å². The lowest BCUT2D eigenvalue weighted by Gasteiger charge is -2.28. The van der Waals surface area contributed by atoms with Gasteiger partial charge in [-0.1, -0.05) is 13.8 Å². The number of amides is 1. The Morgan fingerprint density at radius 1 is 1.38 bits per heavy atom. The molecule has 2 aromatic rings. The summed E-state index contributed by atoms with van der Waals surface area (Å²) in [5.74, 6) is 0.451. The number of hydrogen-bond acceptors (Lipinski definition) is 4. The number of aromatic nitrogens is 2. The maximum absolute atomic E-state index is 12.9. The second-order valence-electron chi connectivity index (χ2n) is 6.18. The summed E-state index contributed by atoms with van der Waals surface area (Å²) in [7, 11) is 1.88. The molecular formula is C15H24N4OS. The van der Waals surface area contributed by atoms with Crippen LogP contribution in [-0.4, -0.2) is 33.2 Å². The third kappa shape index (κ3) is 2.77. The summed E-state index contributed by atoms with van der Waals surface area (Å²) in [6, 6.07) is 0.156. The minimum absolute atomic E-state index is 0.0248. The van der Waals surface area contributed by atoms with Gasteiger partial charge in [-0.25, -0.2) is 0 Å². The molecule has 0 aromatic carbocycles. The number of anilines is 1. The second kappa shape index (κ2) is 5.67. The van der Waals surface area contributed by atoms with Crippen molar-refractivity contribution in [2.45, 2.75) is 40.7 Å². The molecule has 6 heteroatoms. The zero-order valence-electron chi connectivity index (χ0n) is 13.6. The summed E-state index contributed by atoms with van der Waals surface area (Å²) < 4.78 is 1.80. The first-order valence-corrected chi connectivity index (χ1v) is 8.08. The van der Waals surface area contributed by atoms with E-state index in [1.807, 2.05) is 32.7 Å². The third-order valence-electron chi connectivity index (χ3n) is 3.52. The highest BCUT2D eigenvalue weighted by Gasteiger charge is 2.26. The summed E-state index contributed by atoms with van der Waals surface area (Å²) in [4.78, 5) is 16.4. The zero-order valence-corrected chi connectivity index (χ0v) is 14.4. The fourth-order valence-electron chi connectivity index (χ4n) is 2.54. The van der Waals surface area contributed by atoms with E-state index in [1.54, 1.807) is 4.68 Å². The molecule has 0 bridgehead atoms. The molecule has 0 aliphatic carbocycles. The van der Waals surface area contributed by atoms with Crippen molar-refractivity contribution in [1.29, 1.82) is 0 Å². The smallest absolute Gasteiger partial charge is 0.266 e. The van der Waals surface area contributed by atoms with Crippen LogP contribution in [0.1, 0.15) is 43.1 Å². The first kappa shape index (κ1) is 15.8. The van der Waals surface area contributed by atoms with Gasteiger partial charge in [0.25, 0.3) is 5.91 Å². The first-order chi connectivity index (χ1) is 9.73. The number of carbonyl (C=O) groups excluding carboxylic acids is 1. The first-order valence-electron chi connectivity index (χ1n) is 7.26. The number of nitrogens with two attached hydrogens (primary N) is 1. The van der Waals surface area contributed by atoms with E-state index < -0.39 is 0 Å². The van der Waals surface area contributed by atoms with Gasteiger partial charge in [-0.3, -0.25) is 9.48 Å². The van der Waals surface area contributed by atoms with Crippen molar-refractivity contribution in [3.8, 4) is 0 Å². The van der Waals surface area contributed by atoms with Crippen molar-refractivity contribution in [3.63, 3.8) is 0 Å². The number of thiophene rings is 1. The van der Waals surface area contributed by atoms with Crippen LogP contribution in [0.2, 0.25) is 0 Å². The van der Waals surface area contributed by atoms with Crippen LogP contribution in [0.25, 0.3) is 10.2 Å². The number of hydrogen-bond donors (Lipinski definition) is 1. The number of aryl methyl sites for hydroxylation is 2. The van der Waals surface area contributed by atoms with Crippen LogP contribution in [0, 0.1) is 12.8 Å². The van der Waals surface area contributed by atoms with Gasteiger partial charge in [0, 0.05) is 19.6 Å². The van der Waals surface area contributed by atoms with Gasteiger partial charge in [0.05, 0.1) is 16.8 Å². The predicted octanol–water partition coefficient (Wildman–Crippen LogP) is 3.03. The molecule has 2 rings (SSSR count). The van der Waals surface area contributed by atoms with E-state index >= 15 is 0 Å². The Hall–Kier alpha value is -1.56. The lowest BCUT2D eigenvalue weighted by Crippen LogP contribution is -2.39. The van der Waals surface area contributed by atoms with Crippen LogP contribution in [0.3, 0.4) is 0 Å². The molecule has 0 saturated heterocycles. The van der Waals surface area contributed by atoms with E-state index in [-0.39, 0.29) is 11.9 Å². The summed E-state index contributed by atoms with van der Waals surface area (Å²) in [6.45, 7) is 11.0.